The third kappa shape index (κ3) is 4.60. The molecule has 0 aliphatic rings. The van der Waals surface area contributed by atoms with Crippen LogP contribution in [0.15, 0.2) is 30.5 Å². The van der Waals surface area contributed by atoms with Gasteiger partial charge in [0, 0.05) is 36.7 Å². The third-order valence-corrected chi connectivity index (χ3v) is 4.08. The fourth-order valence-electron chi connectivity index (χ4n) is 2.60. The van der Waals surface area contributed by atoms with Gasteiger partial charge in [0.05, 0.1) is 0 Å². The highest BCUT2D eigenvalue weighted by Gasteiger charge is 2.17. The molecule has 1 heterocycles. The number of aliphatic hydroxyl groups excluding tert-OH is 1. The topological polar surface area (TPSA) is 65.1 Å². The van der Waals surface area contributed by atoms with Crippen LogP contribution in [0, 0.1) is 5.41 Å². The molecule has 0 fully saturated rings. The molecule has 0 saturated heterocycles. The molecule has 0 atom stereocenters. The lowest BCUT2D eigenvalue weighted by Crippen LogP contribution is -2.34. The van der Waals surface area contributed by atoms with E-state index in [2.05, 4.69) is 36.3 Å². The summed E-state index contributed by atoms with van der Waals surface area (Å²) < 4.78 is 0. The van der Waals surface area contributed by atoms with Gasteiger partial charge in [0.15, 0.2) is 0 Å². The SMILES string of the molecule is CC(C)(CCO)CNC(=O)CCCc1c[nH]c2ccccc12. The molecule has 0 aliphatic heterocycles. The second-order valence-electron chi connectivity index (χ2n) is 6.63. The molecule has 2 rings (SSSR count). The summed E-state index contributed by atoms with van der Waals surface area (Å²) in [6.07, 6.45) is 5.01. The quantitative estimate of drug-likeness (QED) is 0.702. The van der Waals surface area contributed by atoms with Crippen molar-refractivity contribution in [2.75, 3.05) is 13.2 Å². The first kappa shape index (κ1) is 16.6. The standard InChI is InChI=1S/C18H26N2O2/c1-18(2,10-11-21)13-20-17(22)9-5-6-14-12-19-16-8-4-3-7-15(14)16/h3-4,7-8,12,19,21H,5-6,9-11,13H2,1-2H3,(H,20,22). The van der Waals surface area contributed by atoms with Crippen LogP contribution in [0.2, 0.25) is 0 Å². The minimum atomic E-state index is -0.0543. The molecule has 1 aromatic heterocycles. The zero-order valence-corrected chi connectivity index (χ0v) is 13.5. The highest BCUT2D eigenvalue weighted by molar-refractivity contribution is 5.83. The lowest BCUT2D eigenvalue weighted by atomic mass is 9.90. The van der Waals surface area contributed by atoms with E-state index >= 15 is 0 Å². The fraction of sp³-hybridized carbons (Fsp3) is 0.500. The maximum atomic E-state index is 11.9. The number of nitrogens with one attached hydrogen (secondary N) is 2. The summed E-state index contributed by atoms with van der Waals surface area (Å²) in [5.74, 6) is 0.0888. The molecule has 0 aliphatic carbocycles. The van der Waals surface area contributed by atoms with Gasteiger partial charge in [-0.15, -0.1) is 0 Å². The van der Waals surface area contributed by atoms with Crippen LogP contribution in [0.1, 0.15) is 38.7 Å². The maximum Gasteiger partial charge on any atom is 0.220 e. The second kappa shape index (κ2) is 7.45. The molecule has 2 aromatic rings. The third-order valence-electron chi connectivity index (χ3n) is 4.08. The highest BCUT2D eigenvalue weighted by Crippen LogP contribution is 2.20. The van der Waals surface area contributed by atoms with Crippen molar-refractivity contribution < 1.29 is 9.90 Å². The predicted octanol–water partition coefficient (Wildman–Crippen LogP) is 3.02. The van der Waals surface area contributed by atoms with E-state index in [1.807, 2.05) is 18.3 Å². The van der Waals surface area contributed by atoms with E-state index < -0.39 is 0 Å². The van der Waals surface area contributed by atoms with Crippen molar-refractivity contribution in [1.29, 1.82) is 0 Å². The van der Waals surface area contributed by atoms with Gasteiger partial charge < -0.3 is 15.4 Å². The van der Waals surface area contributed by atoms with E-state index in [0.29, 0.717) is 19.4 Å². The van der Waals surface area contributed by atoms with E-state index in [0.717, 1.165) is 18.4 Å². The number of hydrogen-bond donors (Lipinski definition) is 3. The first-order valence-corrected chi connectivity index (χ1v) is 7.94. The van der Waals surface area contributed by atoms with Crippen molar-refractivity contribution in [3.63, 3.8) is 0 Å². The summed E-state index contributed by atoms with van der Waals surface area (Å²) in [7, 11) is 0. The predicted molar refractivity (Wildman–Crippen MR) is 89.7 cm³/mol. The van der Waals surface area contributed by atoms with Gasteiger partial charge >= 0.3 is 0 Å². The van der Waals surface area contributed by atoms with Crippen molar-refractivity contribution in [2.45, 2.75) is 39.5 Å². The van der Waals surface area contributed by atoms with Crippen LogP contribution in [-0.2, 0) is 11.2 Å². The van der Waals surface area contributed by atoms with Gasteiger partial charge in [0.25, 0.3) is 0 Å². The average Bonchev–Trinajstić information content (AvgIpc) is 2.89. The molecule has 4 nitrogen and oxygen atoms in total. The molecule has 0 saturated carbocycles. The summed E-state index contributed by atoms with van der Waals surface area (Å²) >= 11 is 0. The summed E-state index contributed by atoms with van der Waals surface area (Å²) in [5, 5.41) is 13.2. The number of aryl methyl sites for hydroxylation is 1. The van der Waals surface area contributed by atoms with Crippen LogP contribution in [0.5, 0.6) is 0 Å². The van der Waals surface area contributed by atoms with E-state index in [9.17, 15) is 4.79 Å². The van der Waals surface area contributed by atoms with E-state index in [4.69, 9.17) is 5.11 Å². The van der Waals surface area contributed by atoms with Crippen LogP contribution in [0.3, 0.4) is 0 Å². The number of benzene rings is 1. The van der Waals surface area contributed by atoms with Gasteiger partial charge in [0.1, 0.15) is 0 Å². The number of carbonyl (C=O) groups is 1. The van der Waals surface area contributed by atoms with Crippen molar-refractivity contribution in [3.05, 3.63) is 36.0 Å². The second-order valence-corrected chi connectivity index (χ2v) is 6.63. The smallest absolute Gasteiger partial charge is 0.220 e. The van der Waals surface area contributed by atoms with E-state index in [-0.39, 0.29) is 17.9 Å². The number of para-hydroxylation sites is 1. The number of H-pyrrole nitrogens is 1. The Hall–Kier alpha value is -1.81. The van der Waals surface area contributed by atoms with E-state index in [1.165, 1.54) is 10.9 Å². The number of amides is 1. The average molecular weight is 302 g/mol. The molecule has 120 valence electrons. The van der Waals surface area contributed by atoms with Gasteiger partial charge in [-0.05, 0) is 36.3 Å². The highest BCUT2D eigenvalue weighted by atomic mass is 16.3. The minimum absolute atomic E-state index is 0.0543. The molecule has 22 heavy (non-hydrogen) atoms. The summed E-state index contributed by atoms with van der Waals surface area (Å²) in [4.78, 5) is 15.2. The molecule has 0 spiro atoms. The summed E-state index contributed by atoms with van der Waals surface area (Å²) in [6.45, 7) is 4.87. The number of rotatable bonds is 8. The minimum Gasteiger partial charge on any atom is -0.396 e. The maximum absolute atomic E-state index is 11.9. The monoisotopic (exact) mass is 302 g/mol. The van der Waals surface area contributed by atoms with Crippen LogP contribution in [0.4, 0.5) is 0 Å². The number of fused-ring (bicyclic) bond motifs is 1. The largest absolute Gasteiger partial charge is 0.396 e. The first-order chi connectivity index (χ1) is 10.5. The van der Waals surface area contributed by atoms with Crippen LogP contribution < -0.4 is 5.32 Å². The fourth-order valence-corrected chi connectivity index (χ4v) is 2.60. The molecular formula is C18H26N2O2. The van der Waals surface area contributed by atoms with Crippen LogP contribution in [-0.4, -0.2) is 29.1 Å². The van der Waals surface area contributed by atoms with Crippen LogP contribution in [0.25, 0.3) is 10.9 Å². The van der Waals surface area contributed by atoms with Crippen molar-refractivity contribution >= 4 is 16.8 Å². The number of hydrogen-bond acceptors (Lipinski definition) is 2. The van der Waals surface area contributed by atoms with Gasteiger partial charge in [-0.2, -0.15) is 0 Å². The summed E-state index contributed by atoms with van der Waals surface area (Å²) in [5.41, 5.74) is 2.36. The number of aromatic nitrogens is 1. The van der Waals surface area contributed by atoms with Gasteiger partial charge in [-0.25, -0.2) is 0 Å². The van der Waals surface area contributed by atoms with Crippen LogP contribution >= 0.6 is 0 Å². The molecule has 0 bridgehead atoms. The molecule has 1 amide bonds. The van der Waals surface area contributed by atoms with E-state index in [1.54, 1.807) is 0 Å². The van der Waals surface area contributed by atoms with Gasteiger partial charge in [0.2, 0.25) is 5.91 Å². The molecule has 4 heteroatoms. The molecule has 1 aromatic carbocycles. The normalized spacial score (nSPS) is 11.8. The van der Waals surface area contributed by atoms with Crippen molar-refractivity contribution in [2.24, 2.45) is 5.41 Å². The summed E-state index contributed by atoms with van der Waals surface area (Å²) in [6, 6.07) is 8.23. The Morgan fingerprint density at radius 1 is 1.32 bits per heavy atom. The number of aromatic amines is 1. The Morgan fingerprint density at radius 2 is 2.09 bits per heavy atom. The Labute approximate surface area is 131 Å². The Bertz CT molecular complexity index is 616. The van der Waals surface area contributed by atoms with Crippen molar-refractivity contribution in [1.82, 2.24) is 10.3 Å². The first-order valence-electron chi connectivity index (χ1n) is 7.94. The molecule has 0 unspecified atom stereocenters. The van der Waals surface area contributed by atoms with Gasteiger partial charge in [-0.3, -0.25) is 4.79 Å². The Morgan fingerprint density at radius 3 is 2.86 bits per heavy atom. The van der Waals surface area contributed by atoms with Gasteiger partial charge in [-0.1, -0.05) is 32.0 Å². The van der Waals surface area contributed by atoms with Crippen molar-refractivity contribution in [3.8, 4) is 0 Å². The number of carbonyl (C=O) groups excluding carboxylic acids is 1. The molecule has 3 N–H and O–H groups in total. The zero-order chi connectivity index (χ0) is 16.0. The lowest BCUT2D eigenvalue weighted by molar-refractivity contribution is -0.121. The Kier molecular flexibility index (Phi) is 5.61. The number of aliphatic hydroxyl groups is 1. The Balaban J connectivity index is 1.75. The lowest BCUT2D eigenvalue weighted by Gasteiger charge is -2.23. The molecular weight excluding hydrogens is 276 g/mol. The molecule has 0 radical (unpaired) electrons. The zero-order valence-electron chi connectivity index (χ0n) is 13.5.